The second-order valence-electron chi connectivity index (χ2n) is 3.71. The van der Waals surface area contributed by atoms with Crippen LogP contribution in [0.2, 0.25) is 0 Å². The van der Waals surface area contributed by atoms with Crippen molar-refractivity contribution >= 4 is 5.97 Å². The number of nitrogens with zero attached hydrogens (tertiary/aromatic N) is 2. The van der Waals surface area contributed by atoms with Gasteiger partial charge in [0.2, 0.25) is 0 Å². The molecule has 0 aliphatic rings. The second-order valence-corrected chi connectivity index (χ2v) is 3.71. The van der Waals surface area contributed by atoms with Gasteiger partial charge in [0, 0.05) is 0 Å². The number of ether oxygens (including phenoxy) is 1. The average molecular weight is 266 g/mol. The number of hydrogen-bond donors (Lipinski definition) is 0. The molecule has 4 nitrogen and oxygen atoms in total. The number of halogens is 2. The lowest BCUT2D eigenvalue weighted by Gasteiger charge is -2.08. The van der Waals surface area contributed by atoms with E-state index >= 15 is 0 Å². The van der Waals surface area contributed by atoms with Gasteiger partial charge >= 0.3 is 5.97 Å². The average Bonchev–Trinajstić information content (AvgIpc) is 2.85. The maximum absolute atomic E-state index is 13.1. The smallest absolute Gasteiger partial charge is 0.341 e. The van der Waals surface area contributed by atoms with Crippen LogP contribution in [0, 0.1) is 0 Å². The predicted molar refractivity (Wildman–Crippen MR) is 64.5 cm³/mol. The van der Waals surface area contributed by atoms with Crippen molar-refractivity contribution in [1.82, 2.24) is 9.78 Å². The summed E-state index contributed by atoms with van der Waals surface area (Å²) in [5, 5.41) is 3.85. The molecular formula is C13H12F2N2O2. The van der Waals surface area contributed by atoms with Crippen LogP contribution in [0.5, 0.6) is 0 Å². The van der Waals surface area contributed by atoms with Crippen LogP contribution in [-0.4, -0.2) is 22.4 Å². The molecule has 0 amide bonds. The third-order valence-corrected chi connectivity index (χ3v) is 2.51. The van der Waals surface area contributed by atoms with Crippen molar-refractivity contribution in [2.24, 2.45) is 0 Å². The van der Waals surface area contributed by atoms with Crippen molar-refractivity contribution in [3.05, 3.63) is 47.8 Å². The summed E-state index contributed by atoms with van der Waals surface area (Å²) >= 11 is 0. The summed E-state index contributed by atoms with van der Waals surface area (Å²) in [6.45, 7) is 1.74. The molecule has 0 spiro atoms. The van der Waals surface area contributed by atoms with E-state index in [1.807, 2.05) is 0 Å². The van der Waals surface area contributed by atoms with Crippen LogP contribution in [0.25, 0.3) is 5.69 Å². The minimum Gasteiger partial charge on any atom is -0.462 e. The summed E-state index contributed by atoms with van der Waals surface area (Å²) in [5.74, 6) is -0.792. The lowest BCUT2D eigenvalue weighted by molar-refractivity contribution is 0.0514. The zero-order chi connectivity index (χ0) is 13.8. The molecule has 0 atom stereocenters. The van der Waals surface area contributed by atoms with Gasteiger partial charge in [-0.25, -0.2) is 18.3 Å². The highest BCUT2D eigenvalue weighted by molar-refractivity contribution is 5.90. The maximum atomic E-state index is 13.1. The highest BCUT2D eigenvalue weighted by Crippen LogP contribution is 2.26. The SMILES string of the molecule is CCOC(=O)c1cnn(-c2ccccc2)c1C(F)F. The predicted octanol–water partition coefficient (Wildman–Crippen LogP) is 2.99. The quantitative estimate of drug-likeness (QED) is 0.799. The minimum absolute atomic E-state index is 0.123. The molecule has 2 aromatic rings. The third-order valence-electron chi connectivity index (χ3n) is 2.51. The van der Waals surface area contributed by atoms with E-state index in [4.69, 9.17) is 4.74 Å². The topological polar surface area (TPSA) is 44.1 Å². The highest BCUT2D eigenvalue weighted by Gasteiger charge is 2.26. The first-order valence-electron chi connectivity index (χ1n) is 5.73. The Balaban J connectivity index is 2.49. The highest BCUT2D eigenvalue weighted by atomic mass is 19.3. The Bertz CT molecular complexity index is 567. The second kappa shape index (κ2) is 5.60. The summed E-state index contributed by atoms with van der Waals surface area (Å²) in [6, 6.07) is 8.44. The third kappa shape index (κ3) is 2.62. The fourth-order valence-corrected chi connectivity index (χ4v) is 1.71. The molecule has 0 radical (unpaired) electrons. The van der Waals surface area contributed by atoms with Gasteiger partial charge in [-0.1, -0.05) is 18.2 Å². The van der Waals surface area contributed by atoms with Crippen molar-refractivity contribution in [2.45, 2.75) is 13.3 Å². The number of esters is 1. The zero-order valence-electron chi connectivity index (χ0n) is 10.2. The van der Waals surface area contributed by atoms with Gasteiger partial charge in [-0.05, 0) is 19.1 Å². The van der Waals surface area contributed by atoms with Gasteiger partial charge < -0.3 is 4.74 Å². The Morgan fingerprint density at radius 1 is 1.37 bits per heavy atom. The van der Waals surface area contributed by atoms with Crippen LogP contribution >= 0.6 is 0 Å². The van der Waals surface area contributed by atoms with E-state index in [1.54, 1.807) is 37.3 Å². The monoisotopic (exact) mass is 266 g/mol. The van der Waals surface area contributed by atoms with E-state index in [0.717, 1.165) is 10.9 Å². The van der Waals surface area contributed by atoms with Crippen molar-refractivity contribution in [3.8, 4) is 5.69 Å². The Kier molecular flexibility index (Phi) is 3.89. The number of carbonyl (C=O) groups excluding carboxylic acids is 1. The first-order chi connectivity index (χ1) is 9.15. The largest absolute Gasteiger partial charge is 0.462 e. The molecule has 0 fully saturated rings. The van der Waals surface area contributed by atoms with Crippen LogP contribution in [0.4, 0.5) is 8.78 Å². The minimum atomic E-state index is -2.82. The van der Waals surface area contributed by atoms with Gasteiger partial charge in [0.25, 0.3) is 6.43 Å². The van der Waals surface area contributed by atoms with Crippen LogP contribution in [0.15, 0.2) is 36.5 Å². The van der Waals surface area contributed by atoms with Gasteiger partial charge in [-0.15, -0.1) is 0 Å². The van der Waals surface area contributed by atoms with Crippen LogP contribution in [0.1, 0.15) is 29.4 Å². The molecule has 6 heteroatoms. The first kappa shape index (κ1) is 13.2. The zero-order valence-corrected chi connectivity index (χ0v) is 10.2. The molecule has 1 aromatic heterocycles. The molecule has 0 aliphatic carbocycles. The fourth-order valence-electron chi connectivity index (χ4n) is 1.71. The van der Waals surface area contributed by atoms with Crippen molar-refractivity contribution in [2.75, 3.05) is 6.61 Å². The van der Waals surface area contributed by atoms with Gasteiger partial charge in [0.05, 0.1) is 18.5 Å². The number of hydrogen-bond acceptors (Lipinski definition) is 3. The summed E-state index contributed by atoms with van der Waals surface area (Å²) in [7, 11) is 0. The van der Waals surface area contributed by atoms with Crippen LogP contribution in [-0.2, 0) is 4.74 Å². The maximum Gasteiger partial charge on any atom is 0.341 e. The number of aromatic nitrogens is 2. The number of alkyl halides is 2. The van der Waals surface area contributed by atoms with E-state index in [1.165, 1.54) is 0 Å². The van der Waals surface area contributed by atoms with Gasteiger partial charge in [0.1, 0.15) is 11.3 Å². The molecule has 0 aliphatic heterocycles. The van der Waals surface area contributed by atoms with Crippen molar-refractivity contribution in [1.29, 1.82) is 0 Å². The van der Waals surface area contributed by atoms with Crippen molar-refractivity contribution < 1.29 is 18.3 Å². The molecular weight excluding hydrogens is 254 g/mol. The van der Waals surface area contributed by atoms with Crippen LogP contribution < -0.4 is 0 Å². The van der Waals surface area contributed by atoms with Gasteiger partial charge in [0.15, 0.2) is 0 Å². The number of rotatable bonds is 4. The fraction of sp³-hybridized carbons (Fsp3) is 0.231. The standard InChI is InChI=1S/C13H12F2N2O2/c1-2-19-13(18)10-8-16-17(11(10)12(14)15)9-6-4-3-5-7-9/h3-8,12H,2H2,1H3. The number of carbonyl (C=O) groups is 1. The number of benzene rings is 1. The van der Waals surface area contributed by atoms with Crippen molar-refractivity contribution in [3.63, 3.8) is 0 Å². The van der Waals surface area contributed by atoms with Gasteiger partial charge in [-0.3, -0.25) is 0 Å². The summed E-state index contributed by atoms with van der Waals surface area (Å²) in [6.07, 6.45) is -1.71. The molecule has 0 N–H and O–H groups in total. The Labute approximate surface area is 108 Å². The first-order valence-corrected chi connectivity index (χ1v) is 5.73. The Morgan fingerprint density at radius 2 is 2.05 bits per heavy atom. The molecule has 0 saturated carbocycles. The molecule has 0 bridgehead atoms. The lowest BCUT2D eigenvalue weighted by atomic mass is 10.2. The molecule has 1 aromatic carbocycles. The molecule has 2 rings (SSSR count). The van der Waals surface area contributed by atoms with E-state index in [9.17, 15) is 13.6 Å². The normalized spacial score (nSPS) is 10.7. The van der Waals surface area contributed by atoms with Gasteiger partial charge in [-0.2, -0.15) is 5.10 Å². The molecule has 19 heavy (non-hydrogen) atoms. The van der Waals surface area contributed by atoms with E-state index in [2.05, 4.69) is 5.10 Å². The van der Waals surface area contributed by atoms with E-state index < -0.39 is 18.1 Å². The molecule has 0 saturated heterocycles. The summed E-state index contributed by atoms with van der Waals surface area (Å²) < 4.78 is 32.1. The lowest BCUT2D eigenvalue weighted by Crippen LogP contribution is -2.10. The van der Waals surface area contributed by atoms with E-state index in [0.29, 0.717) is 5.69 Å². The number of para-hydroxylation sites is 1. The molecule has 1 heterocycles. The summed E-state index contributed by atoms with van der Waals surface area (Å²) in [4.78, 5) is 11.6. The Morgan fingerprint density at radius 3 is 2.63 bits per heavy atom. The van der Waals surface area contributed by atoms with Crippen LogP contribution in [0.3, 0.4) is 0 Å². The Hall–Kier alpha value is -2.24. The van der Waals surface area contributed by atoms with E-state index in [-0.39, 0.29) is 12.2 Å². The molecule has 100 valence electrons. The summed E-state index contributed by atoms with van der Waals surface area (Å²) in [5.41, 5.74) is -0.196. The molecule has 0 unspecified atom stereocenters.